The molecule has 0 unspecified atom stereocenters. The van der Waals surface area contributed by atoms with Crippen LogP contribution in [-0.2, 0) is 4.74 Å². The number of carbonyl (C=O) groups excluding carboxylic acids is 1. The minimum absolute atomic E-state index is 0.0889. The van der Waals surface area contributed by atoms with Crippen molar-refractivity contribution in [1.29, 1.82) is 0 Å². The van der Waals surface area contributed by atoms with Crippen LogP contribution >= 0.6 is 0 Å². The summed E-state index contributed by atoms with van der Waals surface area (Å²) in [6, 6.07) is 1.55. The molecule has 1 aromatic rings. The van der Waals surface area contributed by atoms with E-state index in [0.29, 0.717) is 5.56 Å². The molecule has 1 rings (SSSR count). The Morgan fingerprint density at radius 3 is 2.76 bits per heavy atom. The molecule has 0 saturated heterocycles. The molecular formula is C12H15NO4. The molecule has 5 nitrogen and oxygen atoms in total. The topological polar surface area (TPSA) is 76.5 Å². The van der Waals surface area contributed by atoms with Crippen molar-refractivity contribution < 1.29 is 19.4 Å². The van der Waals surface area contributed by atoms with Crippen molar-refractivity contribution in [3.63, 3.8) is 0 Å². The van der Waals surface area contributed by atoms with Crippen molar-refractivity contribution in [2.24, 2.45) is 0 Å². The summed E-state index contributed by atoms with van der Waals surface area (Å²) in [5, 5.41) is 9.02. The van der Waals surface area contributed by atoms with Gasteiger partial charge in [0.05, 0.1) is 12.2 Å². The molecule has 0 atom stereocenters. The van der Waals surface area contributed by atoms with Crippen LogP contribution in [-0.4, -0.2) is 28.6 Å². The third-order valence-electron chi connectivity index (χ3n) is 2.30. The number of ether oxygens (including phenoxy) is 1. The number of unbranched alkanes of at least 4 members (excludes halogenated alkanes) is 1. The van der Waals surface area contributed by atoms with Gasteiger partial charge in [0.25, 0.3) is 0 Å². The lowest BCUT2D eigenvalue weighted by Gasteiger charge is -2.07. The molecular weight excluding hydrogens is 222 g/mol. The monoisotopic (exact) mass is 237 g/mol. The molecule has 0 radical (unpaired) electrons. The first kappa shape index (κ1) is 13.2. The minimum Gasteiger partial charge on any atom is -0.478 e. The predicted octanol–water partition coefficient (Wildman–Crippen LogP) is 2.05. The summed E-state index contributed by atoms with van der Waals surface area (Å²) in [5.41, 5.74) is 0.276. The Morgan fingerprint density at radius 1 is 1.47 bits per heavy atom. The van der Waals surface area contributed by atoms with Crippen molar-refractivity contribution in [3.8, 4) is 0 Å². The number of pyridine rings is 1. The average Bonchev–Trinajstić information content (AvgIpc) is 2.28. The van der Waals surface area contributed by atoms with Gasteiger partial charge in [-0.25, -0.2) is 14.6 Å². The lowest BCUT2D eigenvalue weighted by Crippen LogP contribution is -2.15. The first-order chi connectivity index (χ1) is 8.07. The van der Waals surface area contributed by atoms with Crippen molar-refractivity contribution in [1.82, 2.24) is 4.98 Å². The van der Waals surface area contributed by atoms with Gasteiger partial charge in [0, 0.05) is 6.20 Å². The smallest absolute Gasteiger partial charge is 0.357 e. The number of aryl methyl sites for hydroxylation is 1. The van der Waals surface area contributed by atoms with Gasteiger partial charge in [-0.2, -0.15) is 0 Å². The van der Waals surface area contributed by atoms with Crippen LogP contribution in [0.2, 0.25) is 0 Å². The van der Waals surface area contributed by atoms with E-state index in [1.54, 1.807) is 13.0 Å². The molecule has 0 saturated carbocycles. The molecule has 0 aliphatic carbocycles. The third kappa shape index (κ3) is 3.27. The lowest BCUT2D eigenvalue weighted by molar-refractivity contribution is 0.0481. The highest BCUT2D eigenvalue weighted by molar-refractivity contribution is 6.01. The Morgan fingerprint density at radius 2 is 2.18 bits per heavy atom. The highest BCUT2D eigenvalue weighted by atomic mass is 16.5. The van der Waals surface area contributed by atoms with E-state index in [4.69, 9.17) is 9.84 Å². The number of esters is 1. The Kier molecular flexibility index (Phi) is 4.63. The Labute approximate surface area is 99.4 Å². The van der Waals surface area contributed by atoms with Crippen LogP contribution in [0.5, 0.6) is 0 Å². The standard InChI is InChI=1S/C12H15NO4/c1-3-4-7-17-12(16)10-9(11(14)15)8(2)5-6-13-10/h5-6H,3-4,7H2,1-2H3,(H,14,15). The van der Waals surface area contributed by atoms with Crippen molar-refractivity contribution >= 4 is 11.9 Å². The largest absolute Gasteiger partial charge is 0.478 e. The molecule has 1 N–H and O–H groups in total. The summed E-state index contributed by atoms with van der Waals surface area (Å²) >= 11 is 0. The molecule has 0 aliphatic rings. The summed E-state index contributed by atoms with van der Waals surface area (Å²) in [5.74, 6) is -1.85. The fourth-order valence-electron chi connectivity index (χ4n) is 1.36. The second kappa shape index (κ2) is 5.98. The van der Waals surface area contributed by atoms with Gasteiger partial charge in [-0.1, -0.05) is 13.3 Å². The Bertz CT molecular complexity index is 429. The highest BCUT2D eigenvalue weighted by Crippen LogP contribution is 2.13. The fraction of sp³-hybridized carbons (Fsp3) is 0.417. The number of nitrogens with zero attached hydrogens (tertiary/aromatic N) is 1. The van der Waals surface area contributed by atoms with Crippen LogP contribution in [0.4, 0.5) is 0 Å². The van der Waals surface area contributed by atoms with Crippen LogP contribution in [0.25, 0.3) is 0 Å². The summed E-state index contributed by atoms with van der Waals surface area (Å²) in [6.07, 6.45) is 3.05. The van der Waals surface area contributed by atoms with E-state index in [0.717, 1.165) is 12.8 Å². The van der Waals surface area contributed by atoms with Crippen molar-refractivity contribution in [2.75, 3.05) is 6.61 Å². The van der Waals surface area contributed by atoms with Crippen LogP contribution in [0.1, 0.15) is 46.2 Å². The Balaban J connectivity index is 2.93. The van der Waals surface area contributed by atoms with E-state index in [1.165, 1.54) is 6.20 Å². The van der Waals surface area contributed by atoms with Gasteiger partial charge >= 0.3 is 11.9 Å². The van der Waals surface area contributed by atoms with E-state index < -0.39 is 11.9 Å². The van der Waals surface area contributed by atoms with Gasteiger partial charge in [0.2, 0.25) is 0 Å². The fourth-order valence-corrected chi connectivity index (χ4v) is 1.36. The number of hydrogen-bond acceptors (Lipinski definition) is 4. The molecule has 0 fully saturated rings. The number of rotatable bonds is 5. The summed E-state index contributed by atoms with van der Waals surface area (Å²) in [6.45, 7) is 3.87. The number of aromatic nitrogens is 1. The lowest BCUT2D eigenvalue weighted by atomic mass is 10.1. The highest BCUT2D eigenvalue weighted by Gasteiger charge is 2.21. The second-order valence-electron chi connectivity index (χ2n) is 3.65. The van der Waals surface area contributed by atoms with Crippen molar-refractivity contribution in [3.05, 3.63) is 29.1 Å². The maximum Gasteiger partial charge on any atom is 0.357 e. The number of carboxylic acid groups (broad SMARTS) is 1. The zero-order valence-corrected chi connectivity index (χ0v) is 9.90. The van der Waals surface area contributed by atoms with Crippen LogP contribution in [0, 0.1) is 6.92 Å². The van der Waals surface area contributed by atoms with Gasteiger partial charge < -0.3 is 9.84 Å². The average molecular weight is 237 g/mol. The number of hydrogen-bond donors (Lipinski definition) is 1. The first-order valence-corrected chi connectivity index (χ1v) is 5.44. The number of carboxylic acids is 1. The van der Waals surface area contributed by atoms with Crippen molar-refractivity contribution in [2.45, 2.75) is 26.7 Å². The van der Waals surface area contributed by atoms with Gasteiger partial charge in [0.15, 0.2) is 5.69 Å². The predicted molar refractivity (Wildman–Crippen MR) is 61.1 cm³/mol. The van der Waals surface area contributed by atoms with E-state index in [1.807, 2.05) is 6.92 Å². The number of aromatic carboxylic acids is 1. The zero-order chi connectivity index (χ0) is 12.8. The molecule has 1 aromatic heterocycles. The number of carbonyl (C=O) groups is 2. The first-order valence-electron chi connectivity index (χ1n) is 5.44. The SMILES string of the molecule is CCCCOC(=O)c1nccc(C)c1C(=O)O. The van der Waals surface area contributed by atoms with Gasteiger partial charge in [-0.3, -0.25) is 0 Å². The molecule has 0 bridgehead atoms. The van der Waals surface area contributed by atoms with E-state index in [9.17, 15) is 9.59 Å². The van der Waals surface area contributed by atoms with Gasteiger partial charge in [-0.05, 0) is 25.0 Å². The van der Waals surface area contributed by atoms with E-state index in [-0.39, 0.29) is 17.9 Å². The molecule has 5 heteroatoms. The van der Waals surface area contributed by atoms with Crippen LogP contribution < -0.4 is 0 Å². The molecule has 0 aliphatic heterocycles. The zero-order valence-electron chi connectivity index (χ0n) is 9.90. The van der Waals surface area contributed by atoms with Crippen LogP contribution in [0.3, 0.4) is 0 Å². The summed E-state index contributed by atoms with van der Waals surface area (Å²) in [7, 11) is 0. The maximum absolute atomic E-state index is 11.6. The normalized spacial score (nSPS) is 10.0. The second-order valence-corrected chi connectivity index (χ2v) is 3.65. The minimum atomic E-state index is -1.17. The third-order valence-corrected chi connectivity index (χ3v) is 2.30. The van der Waals surface area contributed by atoms with E-state index in [2.05, 4.69) is 4.98 Å². The quantitative estimate of drug-likeness (QED) is 0.626. The van der Waals surface area contributed by atoms with E-state index >= 15 is 0 Å². The molecule has 1 heterocycles. The summed E-state index contributed by atoms with van der Waals surface area (Å²) < 4.78 is 4.95. The molecule has 0 amide bonds. The molecule has 92 valence electrons. The maximum atomic E-state index is 11.6. The van der Waals surface area contributed by atoms with Crippen LogP contribution in [0.15, 0.2) is 12.3 Å². The van der Waals surface area contributed by atoms with Gasteiger partial charge in [0.1, 0.15) is 0 Å². The molecule has 0 aromatic carbocycles. The molecule has 0 spiro atoms. The molecule has 17 heavy (non-hydrogen) atoms. The summed E-state index contributed by atoms with van der Waals surface area (Å²) in [4.78, 5) is 26.5. The van der Waals surface area contributed by atoms with Gasteiger partial charge in [-0.15, -0.1) is 0 Å². The Hall–Kier alpha value is -1.91.